The molecule has 2 heterocycles. The van der Waals surface area contributed by atoms with Gasteiger partial charge in [0.1, 0.15) is 0 Å². The Bertz CT molecular complexity index is 500. The average Bonchev–Trinajstić information content (AvgIpc) is 2.89. The molecule has 1 aromatic rings. The van der Waals surface area contributed by atoms with E-state index in [9.17, 15) is 8.42 Å². The van der Waals surface area contributed by atoms with Crippen LogP contribution in [-0.2, 0) is 10.0 Å². The number of aromatic nitrogens is 2. The van der Waals surface area contributed by atoms with Crippen LogP contribution in [0.3, 0.4) is 0 Å². The fourth-order valence-electron chi connectivity index (χ4n) is 2.73. The van der Waals surface area contributed by atoms with E-state index in [1.807, 2.05) is 18.7 Å². The zero-order valence-electron chi connectivity index (χ0n) is 12.2. The van der Waals surface area contributed by atoms with E-state index in [-0.39, 0.29) is 0 Å². The van der Waals surface area contributed by atoms with Gasteiger partial charge < -0.3 is 9.47 Å². The van der Waals surface area contributed by atoms with Crippen molar-refractivity contribution in [1.29, 1.82) is 0 Å². The highest BCUT2D eigenvalue weighted by Gasteiger charge is 2.26. The fraction of sp³-hybridized carbons (Fsp3) is 0.769. The van der Waals surface area contributed by atoms with Crippen LogP contribution in [0.4, 0.5) is 0 Å². The van der Waals surface area contributed by atoms with E-state index in [0.717, 1.165) is 26.1 Å². The van der Waals surface area contributed by atoms with Crippen LogP contribution in [0.2, 0.25) is 0 Å². The van der Waals surface area contributed by atoms with Gasteiger partial charge in [0.2, 0.25) is 10.0 Å². The van der Waals surface area contributed by atoms with Crippen molar-refractivity contribution in [2.24, 2.45) is 5.92 Å². The van der Waals surface area contributed by atoms with Crippen molar-refractivity contribution in [3.05, 3.63) is 18.7 Å². The van der Waals surface area contributed by atoms with Crippen molar-refractivity contribution in [1.82, 2.24) is 19.2 Å². The van der Waals surface area contributed by atoms with E-state index < -0.39 is 10.0 Å². The number of nitrogens with one attached hydrogen (secondary N) is 1. The summed E-state index contributed by atoms with van der Waals surface area (Å²) in [7, 11) is -3.06. The van der Waals surface area contributed by atoms with Crippen LogP contribution in [-0.4, -0.2) is 55.3 Å². The largest absolute Gasteiger partial charge is 0.333 e. The molecule has 0 bridgehead atoms. The van der Waals surface area contributed by atoms with Crippen molar-refractivity contribution in [2.75, 3.05) is 32.4 Å². The Labute approximate surface area is 121 Å². The van der Waals surface area contributed by atoms with Gasteiger partial charge in [-0.3, -0.25) is 0 Å². The maximum absolute atomic E-state index is 11.0. The van der Waals surface area contributed by atoms with Crippen LogP contribution in [0.5, 0.6) is 0 Å². The molecule has 2 rings (SSSR count). The quantitative estimate of drug-likeness (QED) is 0.786. The van der Waals surface area contributed by atoms with E-state index in [1.165, 1.54) is 12.7 Å². The third-order valence-electron chi connectivity index (χ3n) is 3.93. The third kappa shape index (κ3) is 4.57. The fourth-order valence-corrected chi connectivity index (χ4v) is 3.25. The second kappa shape index (κ2) is 6.69. The van der Waals surface area contributed by atoms with E-state index in [4.69, 9.17) is 0 Å². The summed E-state index contributed by atoms with van der Waals surface area (Å²) in [6.07, 6.45) is 8.94. The van der Waals surface area contributed by atoms with Crippen molar-refractivity contribution in [3.63, 3.8) is 0 Å². The molecule has 0 aromatic carbocycles. The molecular weight excluding hydrogens is 276 g/mol. The molecule has 0 amide bonds. The summed E-state index contributed by atoms with van der Waals surface area (Å²) in [6.45, 7) is 5.83. The SMILES string of the molecule is C[C@@H]1CCN(CCCNS(C)(=O)=O)C[C@@H]1n1ccnc1. The standard InChI is InChI=1S/C13H24N4O2S/c1-12-4-8-16(7-3-5-15-20(2,18)19)10-13(12)17-9-6-14-11-17/h6,9,11-13,15H,3-5,7-8,10H2,1-2H3/t12-,13+/m1/s1. The molecule has 6 nitrogen and oxygen atoms in total. The lowest BCUT2D eigenvalue weighted by Crippen LogP contribution is -2.41. The molecule has 114 valence electrons. The minimum atomic E-state index is -3.06. The van der Waals surface area contributed by atoms with E-state index in [1.54, 1.807) is 0 Å². The van der Waals surface area contributed by atoms with E-state index in [2.05, 4.69) is 26.1 Å². The molecule has 1 aromatic heterocycles. The van der Waals surface area contributed by atoms with Crippen molar-refractivity contribution in [2.45, 2.75) is 25.8 Å². The Morgan fingerprint density at radius 1 is 1.45 bits per heavy atom. The molecule has 1 N–H and O–H groups in total. The van der Waals surface area contributed by atoms with Crippen LogP contribution in [0.25, 0.3) is 0 Å². The number of sulfonamides is 1. The monoisotopic (exact) mass is 300 g/mol. The van der Waals surface area contributed by atoms with Gasteiger partial charge in [0.15, 0.2) is 0 Å². The molecule has 1 aliphatic rings. The first kappa shape index (κ1) is 15.5. The molecule has 1 saturated heterocycles. The lowest BCUT2D eigenvalue weighted by atomic mass is 9.93. The van der Waals surface area contributed by atoms with Crippen molar-refractivity contribution >= 4 is 10.0 Å². The first-order valence-electron chi connectivity index (χ1n) is 7.10. The molecule has 1 fully saturated rings. The number of hydrogen-bond donors (Lipinski definition) is 1. The molecule has 0 saturated carbocycles. The Kier molecular flexibility index (Phi) is 5.17. The van der Waals surface area contributed by atoms with Crippen LogP contribution in [0.1, 0.15) is 25.8 Å². The molecular formula is C13H24N4O2S. The topological polar surface area (TPSA) is 67.2 Å². The Morgan fingerprint density at radius 3 is 2.90 bits per heavy atom. The summed E-state index contributed by atoms with van der Waals surface area (Å²) in [5.41, 5.74) is 0. The smallest absolute Gasteiger partial charge is 0.208 e. The van der Waals surface area contributed by atoms with Gasteiger partial charge in [-0.05, 0) is 31.8 Å². The van der Waals surface area contributed by atoms with Crippen LogP contribution in [0.15, 0.2) is 18.7 Å². The summed E-state index contributed by atoms with van der Waals surface area (Å²) in [4.78, 5) is 6.54. The zero-order valence-corrected chi connectivity index (χ0v) is 13.0. The minimum absolute atomic E-state index is 0.467. The maximum atomic E-state index is 11.0. The molecule has 0 spiro atoms. The van der Waals surface area contributed by atoms with E-state index in [0.29, 0.717) is 18.5 Å². The lowest BCUT2D eigenvalue weighted by Gasteiger charge is -2.37. The van der Waals surface area contributed by atoms with Gasteiger partial charge in [-0.1, -0.05) is 6.92 Å². The number of likely N-dealkylation sites (tertiary alicyclic amines) is 1. The average molecular weight is 300 g/mol. The van der Waals surface area contributed by atoms with E-state index >= 15 is 0 Å². The van der Waals surface area contributed by atoms with Gasteiger partial charge in [0.05, 0.1) is 12.6 Å². The van der Waals surface area contributed by atoms with Gasteiger partial charge in [0.25, 0.3) is 0 Å². The molecule has 0 aliphatic carbocycles. The number of rotatable bonds is 6. The lowest BCUT2D eigenvalue weighted by molar-refractivity contribution is 0.131. The Balaban J connectivity index is 1.79. The summed E-state index contributed by atoms with van der Waals surface area (Å²) in [5.74, 6) is 0.648. The van der Waals surface area contributed by atoms with Crippen molar-refractivity contribution < 1.29 is 8.42 Å². The number of hydrogen-bond acceptors (Lipinski definition) is 4. The predicted octanol–water partition coefficient (Wildman–Crippen LogP) is 0.705. The predicted molar refractivity (Wildman–Crippen MR) is 78.9 cm³/mol. The van der Waals surface area contributed by atoms with Crippen LogP contribution < -0.4 is 4.72 Å². The molecule has 1 aliphatic heterocycles. The number of imidazole rings is 1. The van der Waals surface area contributed by atoms with Gasteiger partial charge in [-0.25, -0.2) is 18.1 Å². The van der Waals surface area contributed by atoms with Gasteiger partial charge in [-0.2, -0.15) is 0 Å². The first-order chi connectivity index (χ1) is 9.46. The van der Waals surface area contributed by atoms with Crippen LogP contribution >= 0.6 is 0 Å². The van der Waals surface area contributed by atoms with Gasteiger partial charge >= 0.3 is 0 Å². The normalized spacial score (nSPS) is 24.9. The highest BCUT2D eigenvalue weighted by molar-refractivity contribution is 7.88. The Morgan fingerprint density at radius 2 is 2.25 bits per heavy atom. The minimum Gasteiger partial charge on any atom is -0.333 e. The second-order valence-electron chi connectivity index (χ2n) is 5.66. The van der Waals surface area contributed by atoms with Gasteiger partial charge in [0, 0.05) is 31.5 Å². The summed E-state index contributed by atoms with van der Waals surface area (Å²) in [5, 5.41) is 0. The summed E-state index contributed by atoms with van der Waals surface area (Å²) < 4.78 is 26.7. The highest BCUT2D eigenvalue weighted by Crippen LogP contribution is 2.27. The number of nitrogens with zero attached hydrogens (tertiary/aromatic N) is 3. The molecule has 7 heteroatoms. The zero-order chi connectivity index (χ0) is 14.6. The molecule has 20 heavy (non-hydrogen) atoms. The summed E-state index contributed by atoms with van der Waals surface area (Å²) in [6, 6.07) is 0.467. The number of piperidine rings is 1. The second-order valence-corrected chi connectivity index (χ2v) is 7.50. The first-order valence-corrected chi connectivity index (χ1v) is 8.99. The molecule has 0 radical (unpaired) electrons. The highest BCUT2D eigenvalue weighted by atomic mass is 32.2. The summed E-state index contributed by atoms with van der Waals surface area (Å²) >= 11 is 0. The van der Waals surface area contributed by atoms with Crippen molar-refractivity contribution in [3.8, 4) is 0 Å². The van der Waals surface area contributed by atoms with Crippen LogP contribution in [0, 0.1) is 5.92 Å². The third-order valence-corrected chi connectivity index (χ3v) is 4.65. The van der Waals surface area contributed by atoms with Gasteiger partial charge in [-0.15, -0.1) is 0 Å². The maximum Gasteiger partial charge on any atom is 0.208 e. The Hall–Kier alpha value is -0.920. The molecule has 2 atom stereocenters. The molecule has 0 unspecified atom stereocenters.